The van der Waals surface area contributed by atoms with Crippen LogP contribution in [0.2, 0.25) is 0 Å². The Morgan fingerprint density at radius 3 is 2.21 bits per heavy atom. The van der Waals surface area contributed by atoms with Crippen molar-refractivity contribution in [3.8, 4) is 0 Å². The van der Waals surface area contributed by atoms with Gasteiger partial charge in [-0.1, -0.05) is 51.5 Å². The monoisotopic (exact) mass is 263 g/mol. The zero-order chi connectivity index (χ0) is 14.1. The van der Waals surface area contributed by atoms with Gasteiger partial charge in [0.15, 0.2) is 0 Å². The molecule has 1 N–H and O–H groups in total. The van der Waals surface area contributed by atoms with E-state index in [4.69, 9.17) is 4.74 Å². The number of nitrogens with one attached hydrogen (secondary N) is 1. The SMILES string of the molecule is CCCCOCCC(NC)c1ccc(C(C)C)cc1. The molecular formula is C17H29NO. The van der Waals surface area contributed by atoms with Crippen molar-refractivity contribution in [3.05, 3.63) is 35.4 Å². The first-order valence-electron chi connectivity index (χ1n) is 7.53. The lowest BCUT2D eigenvalue weighted by Gasteiger charge is -2.17. The summed E-state index contributed by atoms with van der Waals surface area (Å²) in [6.07, 6.45) is 3.39. The van der Waals surface area contributed by atoms with Crippen molar-refractivity contribution in [1.82, 2.24) is 5.32 Å². The molecule has 0 bridgehead atoms. The Labute approximate surface area is 118 Å². The molecule has 0 aromatic heterocycles. The molecular weight excluding hydrogens is 234 g/mol. The summed E-state index contributed by atoms with van der Waals surface area (Å²) >= 11 is 0. The highest BCUT2D eigenvalue weighted by atomic mass is 16.5. The lowest BCUT2D eigenvalue weighted by atomic mass is 9.98. The van der Waals surface area contributed by atoms with Crippen LogP contribution in [0.1, 0.15) is 63.1 Å². The van der Waals surface area contributed by atoms with Crippen LogP contribution in [0.3, 0.4) is 0 Å². The Hall–Kier alpha value is -0.860. The predicted octanol–water partition coefficient (Wildman–Crippen LogP) is 4.28. The molecule has 108 valence electrons. The first-order valence-corrected chi connectivity index (χ1v) is 7.53. The molecule has 0 aliphatic carbocycles. The standard InChI is InChI=1S/C17H29NO/c1-5-6-12-19-13-11-17(18-4)16-9-7-15(8-10-16)14(2)3/h7-10,14,17-18H,5-6,11-13H2,1-4H3. The minimum Gasteiger partial charge on any atom is -0.381 e. The van der Waals surface area contributed by atoms with Crippen molar-refractivity contribution in [3.63, 3.8) is 0 Å². The summed E-state index contributed by atoms with van der Waals surface area (Å²) in [7, 11) is 2.02. The summed E-state index contributed by atoms with van der Waals surface area (Å²) in [5, 5.41) is 3.38. The van der Waals surface area contributed by atoms with Crippen LogP contribution in [0.25, 0.3) is 0 Å². The Morgan fingerprint density at radius 1 is 1.05 bits per heavy atom. The van der Waals surface area contributed by atoms with Crippen LogP contribution >= 0.6 is 0 Å². The number of ether oxygens (including phenoxy) is 1. The van der Waals surface area contributed by atoms with Gasteiger partial charge in [-0.05, 0) is 36.9 Å². The number of hydrogen-bond acceptors (Lipinski definition) is 2. The van der Waals surface area contributed by atoms with Crippen molar-refractivity contribution in [2.45, 2.75) is 52.0 Å². The molecule has 2 heteroatoms. The van der Waals surface area contributed by atoms with Gasteiger partial charge in [0.1, 0.15) is 0 Å². The van der Waals surface area contributed by atoms with Crippen molar-refractivity contribution in [2.24, 2.45) is 0 Å². The van der Waals surface area contributed by atoms with Crippen molar-refractivity contribution >= 4 is 0 Å². The average molecular weight is 263 g/mol. The zero-order valence-corrected chi connectivity index (χ0v) is 12.9. The van der Waals surface area contributed by atoms with Gasteiger partial charge >= 0.3 is 0 Å². The van der Waals surface area contributed by atoms with Crippen LogP contribution in [0.4, 0.5) is 0 Å². The molecule has 0 saturated carbocycles. The topological polar surface area (TPSA) is 21.3 Å². The van der Waals surface area contributed by atoms with Crippen molar-refractivity contribution in [2.75, 3.05) is 20.3 Å². The second kappa shape index (κ2) is 9.11. The molecule has 0 amide bonds. The summed E-state index contributed by atoms with van der Waals surface area (Å²) in [4.78, 5) is 0. The molecule has 0 heterocycles. The van der Waals surface area contributed by atoms with Crippen LogP contribution in [-0.2, 0) is 4.74 Å². The highest BCUT2D eigenvalue weighted by molar-refractivity contribution is 5.26. The van der Waals surface area contributed by atoms with Gasteiger partial charge in [-0.15, -0.1) is 0 Å². The molecule has 0 radical (unpaired) electrons. The Morgan fingerprint density at radius 2 is 1.68 bits per heavy atom. The van der Waals surface area contributed by atoms with Gasteiger partial charge in [0.05, 0.1) is 0 Å². The third-order valence-electron chi connectivity index (χ3n) is 3.55. The van der Waals surface area contributed by atoms with Gasteiger partial charge < -0.3 is 10.1 Å². The fraction of sp³-hybridized carbons (Fsp3) is 0.647. The fourth-order valence-corrected chi connectivity index (χ4v) is 2.14. The highest BCUT2D eigenvalue weighted by Gasteiger charge is 2.09. The quantitative estimate of drug-likeness (QED) is 0.672. The Balaban J connectivity index is 2.45. The maximum atomic E-state index is 5.65. The Kier molecular flexibility index (Phi) is 7.76. The van der Waals surface area contributed by atoms with Gasteiger partial charge in [0.2, 0.25) is 0 Å². The van der Waals surface area contributed by atoms with E-state index in [9.17, 15) is 0 Å². The minimum atomic E-state index is 0.392. The van der Waals surface area contributed by atoms with E-state index in [2.05, 4.69) is 50.4 Å². The van der Waals surface area contributed by atoms with E-state index < -0.39 is 0 Å². The third-order valence-corrected chi connectivity index (χ3v) is 3.55. The van der Waals surface area contributed by atoms with Gasteiger partial charge in [0, 0.05) is 19.3 Å². The maximum Gasteiger partial charge on any atom is 0.0484 e. The second-order valence-corrected chi connectivity index (χ2v) is 5.42. The molecule has 0 spiro atoms. The van der Waals surface area contributed by atoms with Crippen LogP contribution in [0, 0.1) is 0 Å². The van der Waals surface area contributed by atoms with Crippen LogP contribution in [-0.4, -0.2) is 20.3 Å². The minimum absolute atomic E-state index is 0.392. The normalized spacial score (nSPS) is 12.9. The van der Waals surface area contributed by atoms with Crippen LogP contribution in [0.5, 0.6) is 0 Å². The Bertz CT molecular complexity index is 332. The van der Waals surface area contributed by atoms with E-state index in [0.29, 0.717) is 12.0 Å². The lowest BCUT2D eigenvalue weighted by Crippen LogP contribution is -2.18. The van der Waals surface area contributed by atoms with E-state index in [1.807, 2.05) is 7.05 Å². The summed E-state index contributed by atoms with van der Waals surface area (Å²) in [5.41, 5.74) is 2.75. The molecule has 1 aromatic carbocycles. The first-order chi connectivity index (χ1) is 9.19. The smallest absolute Gasteiger partial charge is 0.0484 e. The van der Waals surface area contributed by atoms with Crippen molar-refractivity contribution in [1.29, 1.82) is 0 Å². The largest absolute Gasteiger partial charge is 0.381 e. The second-order valence-electron chi connectivity index (χ2n) is 5.42. The molecule has 19 heavy (non-hydrogen) atoms. The van der Waals surface area contributed by atoms with Gasteiger partial charge in [-0.3, -0.25) is 0 Å². The third kappa shape index (κ3) is 5.75. The molecule has 2 nitrogen and oxygen atoms in total. The number of unbranched alkanes of at least 4 members (excludes halogenated alkanes) is 1. The summed E-state index contributed by atoms with van der Waals surface area (Å²) in [6, 6.07) is 9.35. The first kappa shape index (κ1) is 16.2. The zero-order valence-electron chi connectivity index (χ0n) is 12.9. The molecule has 0 fully saturated rings. The van der Waals surface area contributed by atoms with E-state index in [-0.39, 0.29) is 0 Å². The summed E-state index contributed by atoms with van der Waals surface area (Å²) < 4.78 is 5.65. The van der Waals surface area contributed by atoms with E-state index in [1.54, 1.807) is 0 Å². The number of benzene rings is 1. The summed E-state index contributed by atoms with van der Waals surface area (Å²) in [5.74, 6) is 0.597. The average Bonchev–Trinajstić information content (AvgIpc) is 2.43. The predicted molar refractivity (Wildman–Crippen MR) is 82.7 cm³/mol. The highest BCUT2D eigenvalue weighted by Crippen LogP contribution is 2.20. The molecule has 0 aliphatic rings. The van der Waals surface area contributed by atoms with E-state index in [0.717, 1.165) is 26.1 Å². The van der Waals surface area contributed by atoms with Gasteiger partial charge in [-0.25, -0.2) is 0 Å². The van der Waals surface area contributed by atoms with E-state index in [1.165, 1.54) is 17.5 Å². The summed E-state index contributed by atoms with van der Waals surface area (Å²) in [6.45, 7) is 8.37. The van der Waals surface area contributed by atoms with Crippen LogP contribution in [0.15, 0.2) is 24.3 Å². The molecule has 0 saturated heterocycles. The maximum absolute atomic E-state index is 5.65. The number of hydrogen-bond donors (Lipinski definition) is 1. The van der Waals surface area contributed by atoms with Crippen LogP contribution < -0.4 is 5.32 Å². The van der Waals surface area contributed by atoms with Gasteiger partial charge in [-0.2, -0.15) is 0 Å². The van der Waals surface area contributed by atoms with Gasteiger partial charge in [0.25, 0.3) is 0 Å². The molecule has 1 aromatic rings. The van der Waals surface area contributed by atoms with E-state index >= 15 is 0 Å². The van der Waals surface area contributed by atoms with Crippen molar-refractivity contribution < 1.29 is 4.74 Å². The molecule has 1 unspecified atom stereocenters. The molecule has 1 rings (SSSR count). The fourth-order valence-electron chi connectivity index (χ4n) is 2.14. The lowest BCUT2D eigenvalue weighted by molar-refractivity contribution is 0.122. The molecule has 1 atom stereocenters. The molecule has 0 aliphatic heterocycles. The number of rotatable bonds is 9.